The van der Waals surface area contributed by atoms with Crippen molar-refractivity contribution in [1.29, 1.82) is 0 Å². The zero-order valence-electron chi connectivity index (χ0n) is 13.1. The molecule has 0 radical (unpaired) electrons. The van der Waals surface area contributed by atoms with Crippen LogP contribution in [0.1, 0.15) is 18.8 Å². The lowest BCUT2D eigenvalue weighted by molar-refractivity contribution is -0.120. The van der Waals surface area contributed by atoms with Gasteiger partial charge < -0.3 is 19.9 Å². The summed E-state index contributed by atoms with van der Waals surface area (Å²) in [7, 11) is 1.62. The van der Waals surface area contributed by atoms with Gasteiger partial charge in [0.2, 0.25) is 5.91 Å². The first-order valence-electron chi connectivity index (χ1n) is 7.08. The van der Waals surface area contributed by atoms with Gasteiger partial charge in [0, 0.05) is 19.2 Å². The zero-order chi connectivity index (χ0) is 15.8. The molecule has 126 valence electrons. The Bertz CT molecular complexity index is 591. The molecule has 1 aromatic heterocycles. The van der Waals surface area contributed by atoms with E-state index < -0.39 is 0 Å². The Morgan fingerprint density at radius 2 is 2.09 bits per heavy atom. The number of ether oxygens (including phenoxy) is 1. The van der Waals surface area contributed by atoms with E-state index in [-0.39, 0.29) is 30.9 Å². The summed E-state index contributed by atoms with van der Waals surface area (Å²) in [5, 5.41) is 9.70. The molecule has 1 unspecified atom stereocenters. The molecule has 0 saturated carbocycles. The predicted octanol–water partition coefficient (Wildman–Crippen LogP) is 1.57. The summed E-state index contributed by atoms with van der Waals surface area (Å²) >= 11 is 0. The van der Waals surface area contributed by atoms with Crippen molar-refractivity contribution < 1.29 is 14.1 Å². The van der Waals surface area contributed by atoms with Crippen LogP contribution in [0.2, 0.25) is 0 Å². The van der Waals surface area contributed by atoms with Crippen molar-refractivity contribution in [2.24, 2.45) is 0 Å². The molecule has 8 heteroatoms. The smallest absolute Gasteiger partial charge is 0.257 e. The van der Waals surface area contributed by atoms with Gasteiger partial charge in [-0.15, -0.1) is 12.4 Å². The van der Waals surface area contributed by atoms with Crippen molar-refractivity contribution >= 4 is 18.3 Å². The fourth-order valence-corrected chi connectivity index (χ4v) is 1.84. The number of hydrogen-bond donors (Lipinski definition) is 2. The molecule has 1 atom stereocenters. The van der Waals surface area contributed by atoms with Gasteiger partial charge >= 0.3 is 0 Å². The molecule has 0 aliphatic heterocycles. The molecule has 2 N–H and O–H groups in total. The lowest BCUT2D eigenvalue weighted by atomic mass is 10.2. The Hall–Kier alpha value is -1.96. The van der Waals surface area contributed by atoms with Gasteiger partial charge in [-0.3, -0.25) is 4.79 Å². The Labute approximate surface area is 141 Å². The second-order valence-electron chi connectivity index (χ2n) is 4.78. The third-order valence-corrected chi connectivity index (χ3v) is 3.00. The number of hydrogen-bond acceptors (Lipinski definition) is 6. The van der Waals surface area contributed by atoms with Gasteiger partial charge in [0.25, 0.3) is 5.89 Å². The first-order chi connectivity index (χ1) is 10.7. The second kappa shape index (κ2) is 9.94. The van der Waals surface area contributed by atoms with Crippen molar-refractivity contribution in [2.45, 2.75) is 13.0 Å². The number of carbonyl (C=O) groups is 1. The molecule has 1 amide bonds. The highest BCUT2D eigenvalue weighted by Gasteiger charge is 2.16. The summed E-state index contributed by atoms with van der Waals surface area (Å²) in [5.74, 6) is 0.758. The maximum atomic E-state index is 11.8. The Balaban J connectivity index is 0.00000264. The highest BCUT2D eigenvalue weighted by molar-refractivity contribution is 5.85. The van der Waals surface area contributed by atoms with E-state index in [1.165, 1.54) is 0 Å². The first kappa shape index (κ1) is 19.1. The molecule has 2 rings (SSSR count). The molecular formula is C15H21ClN4O3. The van der Waals surface area contributed by atoms with Gasteiger partial charge in [0.1, 0.15) is 0 Å². The highest BCUT2D eigenvalue weighted by atomic mass is 35.5. The third-order valence-electron chi connectivity index (χ3n) is 3.00. The third kappa shape index (κ3) is 5.97. The first-order valence-corrected chi connectivity index (χ1v) is 7.08. The number of nitrogens with one attached hydrogen (secondary N) is 2. The van der Waals surface area contributed by atoms with Crippen LogP contribution in [-0.2, 0) is 9.53 Å². The molecule has 23 heavy (non-hydrogen) atoms. The van der Waals surface area contributed by atoms with E-state index in [2.05, 4.69) is 20.8 Å². The van der Waals surface area contributed by atoms with Gasteiger partial charge in [-0.05, 0) is 19.1 Å². The molecule has 0 bridgehead atoms. The van der Waals surface area contributed by atoms with Crippen molar-refractivity contribution in [3.05, 3.63) is 36.2 Å². The maximum absolute atomic E-state index is 11.8. The fraction of sp³-hybridized carbons (Fsp3) is 0.400. The molecular weight excluding hydrogens is 320 g/mol. The normalized spacial score (nSPS) is 11.6. The number of rotatable bonds is 8. The van der Waals surface area contributed by atoms with Crippen LogP contribution in [0, 0.1) is 0 Å². The topological polar surface area (TPSA) is 89.3 Å². The van der Waals surface area contributed by atoms with Crippen molar-refractivity contribution in [3.8, 4) is 11.5 Å². The minimum Gasteiger partial charge on any atom is -0.383 e. The second-order valence-corrected chi connectivity index (χ2v) is 4.78. The largest absolute Gasteiger partial charge is 0.383 e. The zero-order valence-corrected chi connectivity index (χ0v) is 13.9. The Kier molecular flexibility index (Phi) is 8.25. The molecule has 0 spiro atoms. The Morgan fingerprint density at radius 3 is 2.78 bits per heavy atom. The number of benzene rings is 1. The van der Waals surface area contributed by atoms with Crippen LogP contribution >= 0.6 is 12.4 Å². The highest BCUT2D eigenvalue weighted by Crippen LogP contribution is 2.18. The minimum absolute atomic E-state index is 0. The predicted molar refractivity (Wildman–Crippen MR) is 88.3 cm³/mol. The molecule has 0 fully saturated rings. The average molecular weight is 341 g/mol. The van der Waals surface area contributed by atoms with E-state index in [0.717, 1.165) is 5.56 Å². The van der Waals surface area contributed by atoms with Crippen LogP contribution in [0.15, 0.2) is 34.9 Å². The molecule has 1 aromatic carbocycles. The summed E-state index contributed by atoms with van der Waals surface area (Å²) in [5.41, 5.74) is 0.848. The summed E-state index contributed by atoms with van der Waals surface area (Å²) in [4.78, 5) is 16.1. The fourth-order valence-electron chi connectivity index (χ4n) is 1.84. The monoisotopic (exact) mass is 340 g/mol. The lowest BCUT2D eigenvalue weighted by Crippen LogP contribution is -2.36. The van der Waals surface area contributed by atoms with Gasteiger partial charge in [-0.2, -0.15) is 4.98 Å². The van der Waals surface area contributed by atoms with Crippen molar-refractivity contribution in [2.75, 3.05) is 26.8 Å². The van der Waals surface area contributed by atoms with Gasteiger partial charge in [-0.25, -0.2) is 0 Å². The van der Waals surface area contributed by atoms with Crippen LogP contribution in [0.4, 0.5) is 0 Å². The molecule has 0 saturated heterocycles. The minimum atomic E-state index is -0.321. The quantitative estimate of drug-likeness (QED) is 0.709. The Morgan fingerprint density at radius 1 is 1.35 bits per heavy atom. The average Bonchev–Trinajstić information content (AvgIpc) is 3.02. The van der Waals surface area contributed by atoms with E-state index in [0.29, 0.717) is 24.9 Å². The standard InChI is InChI=1S/C15H20N4O3.ClH/c1-11(17-13(20)10-16-8-9-21-2)14-18-15(22-19-14)12-6-4-3-5-7-12;/h3-7,11,16H,8-10H2,1-2H3,(H,17,20);1H. The summed E-state index contributed by atoms with van der Waals surface area (Å²) in [6.07, 6.45) is 0. The molecule has 7 nitrogen and oxygen atoms in total. The number of nitrogens with zero attached hydrogens (tertiary/aromatic N) is 2. The number of amides is 1. The van der Waals surface area contributed by atoms with Crippen LogP contribution in [-0.4, -0.2) is 42.9 Å². The SMILES string of the molecule is COCCNCC(=O)NC(C)c1noc(-c2ccccc2)n1.Cl. The van der Waals surface area contributed by atoms with E-state index in [1.54, 1.807) is 7.11 Å². The van der Waals surface area contributed by atoms with Crippen LogP contribution in [0.25, 0.3) is 11.5 Å². The summed E-state index contributed by atoms with van der Waals surface area (Å²) < 4.78 is 10.1. The summed E-state index contributed by atoms with van der Waals surface area (Å²) in [6.45, 7) is 3.22. The summed E-state index contributed by atoms with van der Waals surface area (Å²) in [6, 6.07) is 9.17. The van der Waals surface area contributed by atoms with E-state index >= 15 is 0 Å². The lowest BCUT2D eigenvalue weighted by Gasteiger charge is -2.10. The number of methoxy groups -OCH3 is 1. The van der Waals surface area contributed by atoms with Crippen LogP contribution < -0.4 is 10.6 Å². The number of halogens is 1. The van der Waals surface area contributed by atoms with Crippen molar-refractivity contribution in [3.63, 3.8) is 0 Å². The van der Waals surface area contributed by atoms with Gasteiger partial charge in [-0.1, -0.05) is 23.4 Å². The van der Waals surface area contributed by atoms with Crippen LogP contribution in [0.5, 0.6) is 0 Å². The van der Waals surface area contributed by atoms with E-state index in [9.17, 15) is 4.79 Å². The number of carbonyl (C=O) groups excluding carboxylic acids is 1. The molecule has 0 aliphatic rings. The van der Waals surface area contributed by atoms with E-state index in [1.807, 2.05) is 37.3 Å². The molecule has 0 aliphatic carbocycles. The molecule has 1 heterocycles. The maximum Gasteiger partial charge on any atom is 0.257 e. The van der Waals surface area contributed by atoms with E-state index in [4.69, 9.17) is 9.26 Å². The van der Waals surface area contributed by atoms with Gasteiger partial charge in [0.15, 0.2) is 5.82 Å². The van der Waals surface area contributed by atoms with Crippen LogP contribution in [0.3, 0.4) is 0 Å². The number of aromatic nitrogens is 2. The molecule has 2 aromatic rings. The van der Waals surface area contributed by atoms with Gasteiger partial charge in [0.05, 0.1) is 19.2 Å². The van der Waals surface area contributed by atoms with Crippen molar-refractivity contribution in [1.82, 2.24) is 20.8 Å².